The van der Waals surface area contributed by atoms with Crippen molar-refractivity contribution in [1.29, 1.82) is 0 Å². The predicted octanol–water partition coefficient (Wildman–Crippen LogP) is 1.97. The standard InChI is InChI=1S/C19H19N3O4/c1-11(23)20-19(26-2)17-18(25)21-15-6-4-3-5-14(15)16(22-17)12-7-9-13(24)10-8-12/h3-10,16,22,24H,1-2H3,(H,20,23)(H,21,25)/b19-17+. The Morgan fingerprint density at radius 3 is 2.50 bits per heavy atom. The molecule has 7 heteroatoms. The first-order valence-electron chi connectivity index (χ1n) is 8.01. The highest BCUT2D eigenvalue weighted by Gasteiger charge is 2.29. The number of carbonyl (C=O) groups excluding carboxylic acids is 2. The molecule has 0 aromatic heterocycles. The van der Waals surface area contributed by atoms with E-state index >= 15 is 0 Å². The number of ether oxygens (including phenoxy) is 1. The van der Waals surface area contributed by atoms with E-state index in [0.29, 0.717) is 5.69 Å². The maximum Gasteiger partial charge on any atom is 0.277 e. The number of aromatic hydroxyl groups is 1. The Hall–Kier alpha value is -3.48. The van der Waals surface area contributed by atoms with Crippen LogP contribution in [0, 0.1) is 0 Å². The number of phenols is 1. The Bertz CT molecular complexity index is 875. The van der Waals surface area contributed by atoms with Crippen LogP contribution in [0.1, 0.15) is 24.1 Å². The molecule has 1 atom stereocenters. The third kappa shape index (κ3) is 3.46. The normalized spacial score (nSPS) is 17.9. The number of anilines is 1. The zero-order chi connectivity index (χ0) is 18.7. The van der Waals surface area contributed by atoms with E-state index in [9.17, 15) is 14.7 Å². The van der Waals surface area contributed by atoms with Crippen molar-refractivity contribution < 1.29 is 19.4 Å². The summed E-state index contributed by atoms with van der Waals surface area (Å²) >= 11 is 0. The number of amides is 2. The summed E-state index contributed by atoms with van der Waals surface area (Å²) in [5.41, 5.74) is 2.44. The van der Waals surface area contributed by atoms with Gasteiger partial charge in [0.25, 0.3) is 5.91 Å². The molecule has 0 spiro atoms. The van der Waals surface area contributed by atoms with Gasteiger partial charge in [-0.15, -0.1) is 0 Å². The second-order valence-electron chi connectivity index (χ2n) is 5.80. The smallest absolute Gasteiger partial charge is 0.277 e. The summed E-state index contributed by atoms with van der Waals surface area (Å²) in [4.78, 5) is 24.1. The van der Waals surface area contributed by atoms with Crippen LogP contribution >= 0.6 is 0 Å². The maximum atomic E-state index is 12.7. The molecule has 1 unspecified atom stereocenters. The van der Waals surface area contributed by atoms with Crippen LogP contribution in [-0.2, 0) is 14.3 Å². The van der Waals surface area contributed by atoms with Crippen LogP contribution in [-0.4, -0.2) is 24.0 Å². The summed E-state index contributed by atoms with van der Waals surface area (Å²) in [6.07, 6.45) is 0. The zero-order valence-electron chi connectivity index (χ0n) is 14.4. The van der Waals surface area contributed by atoms with Crippen molar-refractivity contribution >= 4 is 17.5 Å². The summed E-state index contributed by atoms with van der Waals surface area (Å²) < 4.78 is 5.21. The average molecular weight is 353 g/mol. The first-order valence-corrected chi connectivity index (χ1v) is 8.01. The van der Waals surface area contributed by atoms with Gasteiger partial charge in [0.05, 0.1) is 13.2 Å². The van der Waals surface area contributed by atoms with Gasteiger partial charge in [-0.2, -0.15) is 0 Å². The molecule has 7 nitrogen and oxygen atoms in total. The molecule has 26 heavy (non-hydrogen) atoms. The van der Waals surface area contributed by atoms with Crippen LogP contribution in [0.5, 0.6) is 5.75 Å². The van der Waals surface area contributed by atoms with E-state index in [1.807, 2.05) is 18.2 Å². The van der Waals surface area contributed by atoms with Gasteiger partial charge >= 0.3 is 0 Å². The number of para-hydroxylation sites is 1. The first kappa shape index (κ1) is 17.3. The fourth-order valence-electron chi connectivity index (χ4n) is 2.81. The summed E-state index contributed by atoms with van der Waals surface area (Å²) in [6, 6.07) is 13.7. The molecule has 0 fully saturated rings. The van der Waals surface area contributed by atoms with Gasteiger partial charge < -0.3 is 20.5 Å². The van der Waals surface area contributed by atoms with Gasteiger partial charge in [0, 0.05) is 18.2 Å². The maximum absolute atomic E-state index is 12.7. The number of rotatable bonds is 3. The number of benzene rings is 2. The van der Waals surface area contributed by atoms with Crippen LogP contribution < -0.4 is 16.0 Å². The molecule has 0 bridgehead atoms. The van der Waals surface area contributed by atoms with Crippen LogP contribution in [0.4, 0.5) is 5.69 Å². The fourth-order valence-corrected chi connectivity index (χ4v) is 2.81. The highest BCUT2D eigenvalue weighted by molar-refractivity contribution is 6.05. The number of phenolic OH excluding ortho intramolecular Hbond substituents is 1. The molecule has 2 aromatic carbocycles. The molecule has 0 saturated carbocycles. The molecular weight excluding hydrogens is 334 g/mol. The van der Waals surface area contributed by atoms with Gasteiger partial charge in [-0.05, 0) is 23.8 Å². The van der Waals surface area contributed by atoms with Crippen molar-refractivity contribution in [3.05, 3.63) is 71.2 Å². The number of hydrogen-bond donors (Lipinski definition) is 4. The van der Waals surface area contributed by atoms with Gasteiger partial charge in [-0.25, -0.2) is 0 Å². The molecule has 0 aliphatic carbocycles. The summed E-state index contributed by atoms with van der Waals surface area (Å²) in [5.74, 6) is -0.598. The molecule has 4 N–H and O–H groups in total. The third-order valence-electron chi connectivity index (χ3n) is 3.98. The van der Waals surface area contributed by atoms with Gasteiger partial charge in [-0.1, -0.05) is 30.3 Å². The van der Waals surface area contributed by atoms with Gasteiger partial charge in [0.15, 0.2) is 5.70 Å². The third-order valence-corrected chi connectivity index (χ3v) is 3.98. The number of carbonyl (C=O) groups is 2. The molecule has 2 aromatic rings. The van der Waals surface area contributed by atoms with Crippen molar-refractivity contribution in [2.75, 3.05) is 12.4 Å². The highest BCUT2D eigenvalue weighted by Crippen LogP contribution is 2.33. The summed E-state index contributed by atoms with van der Waals surface area (Å²) in [6.45, 7) is 1.33. The lowest BCUT2D eigenvalue weighted by atomic mass is 9.97. The molecule has 1 heterocycles. The highest BCUT2D eigenvalue weighted by atomic mass is 16.5. The Morgan fingerprint density at radius 2 is 1.85 bits per heavy atom. The van der Waals surface area contributed by atoms with E-state index in [4.69, 9.17) is 4.74 Å². The molecule has 1 aliphatic rings. The van der Waals surface area contributed by atoms with Crippen molar-refractivity contribution in [2.24, 2.45) is 0 Å². The van der Waals surface area contributed by atoms with Gasteiger partial charge in [0.2, 0.25) is 11.8 Å². The molecular formula is C19H19N3O4. The second kappa shape index (κ2) is 7.18. The van der Waals surface area contributed by atoms with E-state index in [-0.39, 0.29) is 29.3 Å². The van der Waals surface area contributed by atoms with Crippen molar-refractivity contribution in [3.63, 3.8) is 0 Å². The van der Waals surface area contributed by atoms with E-state index in [0.717, 1.165) is 11.1 Å². The van der Waals surface area contributed by atoms with Crippen LogP contribution in [0.15, 0.2) is 60.1 Å². The van der Waals surface area contributed by atoms with Crippen molar-refractivity contribution in [2.45, 2.75) is 13.0 Å². The molecule has 0 saturated heterocycles. The largest absolute Gasteiger partial charge is 0.508 e. The van der Waals surface area contributed by atoms with Crippen LogP contribution in [0.2, 0.25) is 0 Å². The fraction of sp³-hybridized carbons (Fsp3) is 0.158. The minimum Gasteiger partial charge on any atom is -0.508 e. The quantitative estimate of drug-likeness (QED) is 0.499. The Morgan fingerprint density at radius 1 is 1.15 bits per heavy atom. The second-order valence-corrected chi connectivity index (χ2v) is 5.80. The lowest BCUT2D eigenvalue weighted by Crippen LogP contribution is -2.33. The number of fused-ring (bicyclic) bond motifs is 1. The first-order chi connectivity index (χ1) is 12.5. The predicted molar refractivity (Wildman–Crippen MR) is 96.0 cm³/mol. The van der Waals surface area contributed by atoms with E-state index in [1.54, 1.807) is 30.3 Å². The Labute approximate surface area is 150 Å². The van der Waals surface area contributed by atoms with Gasteiger partial charge in [0.1, 0.15) is 5.75 Å². The summed E-state index contributed by atoms with van der Waals surface area (Å²) in [5, 5.41) is 18.1. The van der Waals surface area contributed by atoms with E-state index in [2.05, 4.69) is 16.0 Å². The molecule has 134 valence electrons. The number of nitrogens with one attached hydrogen (secondary N) is 3. The topological polar surface area (TPSA) is 99.7 Å². The minimum absolute atomic E-state index is 0.0339. The lowest BCUT2D eigenvalue weighted by Gasteiger charge is -2.21. The minimum atomic E-state index is -0.427. The molecule has 3 rings (SSSR count). The molecule has 1 aliphatic heterocycles. The summed E-state index contributed by atoms with van der Waals surface area (Å²) in [7, 11) is 1.38. The number of methoxy groups -OCH3 is 1. The van der Waals surface area contributed by atoms with Crippen molar-refractivity contribution in [1.82, 2.24) is 10.6 Å². The molecule has 2 amide bonds. The SMILES string of the molecule is CO/C(NC(C)=O)=C1/NC(c2ccc(O)cc2)c2ccccc2NC1=O. The van der Waals surface area contributed by atoms with Gasteiger partial charge in [-0.3, -0.25) is 14.9 Å². The Balaban J connectivity index is 2.13. The van der Waals surface area contributed by atoms with E-state index < -0.39 is 5.91 Å². The van der Waals surface area contributed by atoms with Crippen molar-refractivity contribution in [3.8, 4) is 5.75 Å². The monoisotopic (exact) mass is 353 g/mol. The molecule has 0 radical (unpaired) electrons. The lowest BCUT2D eigenvalue weighted by molar-refractivity contribution is -0.119. The van der Waals surface area contributed by atoms with E-state index in [1.165, 1.54) is 14.0 Å². The average Bonchev–Trinajstić information content (AvgIpc) is 2.76. The van der Waals surface area contributed by atoms with Crippen LogP contribution in [0.3, 0.4) is 0 Å². The number of hydrogen-bond acceptors (Lipinski definition) is 5. The zero-order valence-corrected chi connectivity index (χ0v) is 14.4. The Kier molecular flexibility index (Phi) is 4.79. The van der Waals surface area contributed by atoms with Crippen LogP contribution in [0.25, 0.3) is 0 Å².